The number of carbonyl (C=O) groups excluding carboxylic acids is 1. The second-order valence-electron chi connectivity index (χ2n) is 10.3. The predicted molar refractivity (Wildman–Crippen MR) is 115 cm³/mol. The number of aryl methyl sites for hydroxylation is 1. The molecular formula is C23H35F3N2O4. The molecule has 0 radical (unpaired) electrons. The highest BCUT2D eigenvalue weighted by Crippen LogP contribution is 2.41. The number of alkyl halides is 3. The van der Waals surface area contributed by atoms with Crippen molar-refractivity contribution < 1.29 is 32.9 Å². The number of aliphatic hydroxyl groups is 2. The number of hydrogen-bond donors (Lipinski definition) is 4. The Morgan fingerprint density at radius 3 is 2.31 bits per heavy atom. The Hall–Kier alpha value is -1.84. The number of halogens is 3. The summed E-state index contributed by atoms with van der Waals surface area (Å²) >= 11 is 0. The fourth-order valence-electron chi connectivity index (χ4n) is 4.33. The van der Waals surface area contributed by atoms with Gasteiger partial charge >= 0.3 is 12.3 Å². The van der Waals surface area contributed by atoms with Gasteiger partial charge in [-0.1, -0.05) is 11.6 Å². The summed E-state index contributed by atoms with van der Waals surface area (Å²) in [5.41, 5.74) is -1.63. The molecular weight excluding hydrogens is 425 g/mol. The van der Waals surface area contributed by atoms with Crippen LogP contribution < -0.4 is 10.6 Å². The second-order valence-corrected chi connectivity index (χ2v) is 10.3. The molecule has 3 unspecified atom stereocenters. The number of alkyl carbamates (subject to hydrolysis) is 1. The zero-order chi connectivity index (χ0) is 24.5. The molecule has 2 rings (SSSR count). The van der Waals surface area contributed by atoms with Crippen LogP contribution >= 0.6 is 0 Å². The predicted octanol–water partition coefficient (Wildman–Crippen LogP) is 4.11. The van der Waals surface area contributed by atoms with Gasteiger partial charge in [0.25, 0.3) is 0 Å². The molecule has 1 aliphatic rings. The van der Waals surface area contributed by atoms with Crippen LogP contribution in [0, 0.1) is 18.8 Å². The molecule has 1 aliphatic carbocycles. The Labute approximate surface area is 187 Å². The second kappa shape index (κ2) is 9.57. The van der Waals surface area contributed by atoms with Gasteiger partial charge in [-0.2, -0.15) is 13.2 Å². The van der Waals surface area contributed by atoms with E-state index in [0.717, 1.165) is 12.1 Å². The third-order valence-electron chi connectivity index (χ3n) is 5.63. The molecule has 0 bridgehead atoms. The van der Waals surface area contributed by atoms with Crippen LogP contribution in [0.4, 0.5) is 18.0 Å². The Morgan fingerprint density at radius 2 is 1.78 bits per heavy atom. The Morgan fingerprint density at radius 1 is 1.16 bits per heavy atom. The van der Waals surface area contributed by atoms with Gasteiger partial charge in [0.15, 0.2) is 0 Å². The number of rotatable bonds is 6. The fraction of sp³-hybridized carbons (Fsp3) is 0.696. The topological polar surface area (TPSA) is 90.8 Å². The molecule has 0 heterocycles. The van der Waals surface area contributed by atoms with Gasteiger partial charge in [0.1, 0.15) is 11.8 Å². The number of ether oxygens (including phenoxy) is 1. The summed E-state index contributed by atoms with van der Waals surface area (Å²) in [5.74, 6) is -0.755. The summed E-state index contributed by atoms with van der Waals surface area (Å²) in [5, 5.41) is 27.1. The van der Waals surface area contributed by atoms with Crippen LogP contribution in [-0.4, -0.2) is 39.8 Å². The Kier molecular flexibility index (Phi) is 7.90. The lowest BCUT2D eigenvalue weighted by molar-refractivity contribution is -0.137. The largest absolute Gasteiger partial charge is 0.444 e. The normalized spacial score (nSPS) is 23.2. The van der Waals surface area contributed by atoms with Crippen LogP contribution in [0.2, 0.25) is 0 Å². The number of benzene rings is 1. The van der Waals surface area contributed by atoms with Crippen LogP contribution in [0.5, 0.6) is 0 Å². The molecule has 4 N–H and O–H groups in total. The van der Waals surface area contributed by atoms with Crippen LogP contribution in [0.25, 0.3) is 0 Å². The van der Waals surface area contributed by atoms with Crippen molar-refractivity contribution in [2.45, 2.75) is 90.6 Å². The molecule has 32 heavy (non-hydrogen) atoms. The summed E-state index contributed by atoms with van der Waals surface area (Å²) in [6.07, 6.45) is -5.26. The summed E-state index contributed by atoms with van der Waals surface area (Å²) < 4.78 is 44.5. The van der Waals surface area contributed by atoms with Gasteiger partial charge in [0.2, 0.25) is 0 Å². The van der Waals surface area contributed by atoms with Crippen molar-refractivity contribution in [3.8, 4) is 0 Å². The van der Waals surface area contributed by atoms with E-state index in [1.54, 1.807) is 47.6 Å². The standard InChI is InChI=1S/C23H35F3N2O4/c1-13-7-14(9-15(8-13)23(24,25)26)12-27-19(29)17-10-16(11-18(17)22(5,6)31)28-20(30)32-21(2,3)4/h7-9,16-19,27,29,31H,10-12H2,1-6H3,(H,28,30)/t16?,17-,18?,19?/m1/s1. The maximum Gasteiger partial charge on any atom is 0.416 e. The molecule has 0 aromatic heterocycles. The molecule has 1 saturated carbocycles. The smallest absolute Gasteiger partial charge is 0.416 e. The first-order valence-electron chi connectivity index (χ1n) is 10.8. The van der Waals surface area contributed by atoms with Crippen molar-refractivity contribution in [2.75, 3.05) is 0 Å². The average molecular weight is 461 g/mol. The van der Waals surface area contributed by atoms with Crippen molar-refractivity contribution in [3.05, 3.63) is 34.9 Å². The SMILES string of the molecule is Cc1cc(CNC(O)[C@@H]2CC(NC(=O)OC(C)(C)C)CC2C(C)(C)O)cc(C(F)(F)F)c1. The zero-order valence-electron chi connectivity index (χ0n) is 19.5. The summed E-state index contributed by atoms with van der Waals surface area (Å²) in [4.78, 5) is 12.1. The lowest BCUT2D eigenvalue weighted by Gasteiger charge is -2.33. The third-order valence-corrected chi connectivity index (χ3v) is 5.63. The third kappa shape index (κ3) is 7.64. The molecule has 1 aromatic carbocycles. The van der Waals surface area contributed by atoms with E-state index in [9.17, 15) is 28.2 Å². The number of hydrogen-bond acceptors (Lipinski definition) is 5. The van der Waals surface area contributed by atoms with Crippen molar-refractivity contribution >= 4 is 6.09 Å². The molecule has 6 nitrogen and oxygen atoms in total. The van der Waals surface area contributed by atoms with E-state index in [2.05, 4.69) is 10.6 Å². The number of amides is 1. The lowest BCUT2D eigenvalue weighted by atomic mass is 9.81. The first-order chi connectivity index (χ1) is 14.5. The first-order valence-corrected chi connectivity index (χ1v) is 10.8. The van der Waals surface area contributed by atoms with Crippen molar-refractivity contribution in [2.24, 2.45) is 11.8 Å². The molecule has 182 valence electrons. The minimum atomic E-state index is -4.45. The van der Waals surface area contributed by atoms with Crippen molar-refractivity contribution in [1.82, 2.24) is 10.6 Å². The highest BCUT2D eigenvalue weighted by Gasteiger charge is 2.45. The average Bonchev–Trinajstić information content (AvgIpc) is 3.01. The summed E-state index contributed by atoms with van der Waals surface area (Å²) in [6.45, 7) is 10.2. The minimum Gasteiger partial charge on any atom is -0.444 e. The van der Waals surface area contributed by atoms with E-state index < -0.39 is 41.2 Å². The first kappa shape index (κ1) is 26.4. The van der Waals surface area contributed by atoms with Gasteiger partial charge in [-0.3, -0.25) is 5.32 Å². The van der Waals surface area contributed by atoms with E-state index in [1.165, 1.54) is 0 Å². The highest BCUT2D eigenvalue weighted by atomic mass is 19.4. The van der Waals surface area contributed by atoms with E-state index in [0.29, 0.717) is 24.0 Å². The number of nitrogens with one attached hydrogen (secondary N) is 2. The molecule has 0 aliphatic heterocycles. The molecule has 0 saturated heterocycles. The molecule has 1 aromatic rings. The quantitative estimate of drug-likeness (QED) is 0.480. The van der Waals surface area contributed by atoms with Crippen LogP contribution in [0.1, 0.15) is 64.2 Å². The van der Waals surface area contributed by atoms with E-state index in [-0.39, 0.29) is 18.5 Å². The Bertz CT molecular complexity index is 800. The maximum absolute atomic E-state index is 13.1. The highest BCUT2D eigenvalue weighted by molar-refractivity contribution is 5.68. The summed E-state index contributed by atoms with van der Waals surface area (Å²) in [7, 11) is 0. The molecule has 1 amide bonds. The lowest BCUT2D eigenvalue weighted by Crippen LogP contribution is -2.43. The van der Waals surface area contributed by atoms with E-state index in [4.69, 9.17) is 4.74 Å². The minimum absolute atomic E-state index is 0.0329. The van der Waals surface area contributed by atoms with Gasteiger partial charge in [-0.15, -0.1) is 0 Å². The van der Waals surface area contributed by atoms with Gasteiger partial charge in [-0.05, 0) is 78.0 Å². The van der Waals surface area contributed by atoms with Gasteiger partial charge < -0.3 is 20.3 Å². The van der Waals surface area contributed by atoms with Crippen LogP contribution in [0.3, 0.4) is 0 Å². The molecule has 9 heteroatoms. The van der Waals surface area contributed by atoms with E-state index >= 15 is 0 Å². The van der Waals surface area contributed by atoms with Gasteiger partial charge in [0, 0.05) is 18.5 Å². The van der Waals surface area contributed by atoms with Crippen LogP contribution in [0.15, 0.2) is 18.2 Å². The Balaban J connectivity index is 2.07. The van der Waals surface area contributed by atoms with Crippen LogP contribution in [-0.2, 0) is 17.5 Å². The fourth-order valence-corrected chi connectivity index (χ4v) is 4.33. The van der Waals surface area contributed by atoms with Crippen molar-refractivity contribution in [1.29, 1.82) is 0 Å². The molecule has 0 spiro atoms. The summed E-state index contributed by atoms with van der Waals surface area (Å²) in [6, 6.07) is 3.46. The maximum atomic E-state index is 13.1. The number of aliphatic hydroxyl groups excluding tert-OH is 1. The monoisotopic (exact) mass is 460 g/mol. The van der Waals surface area contributed by atoms with E-state index in [1.807, 2.05) is 0 Å². The molecule has 4 atom stereocenters. The van der Waals surface area contributed by atoms with Crippen molar-refractivity contribution in [3.63, 3.8) is 0 Å². The van der Waals surface area contributed by atoms with Gasteiger partial charge in [0.05, 0.1) is 11.2 Å². The molecule has 1 fully saturated rings. The zero-order valence-corrected chi connectivity index (χ0v) is 19.5. The van der Waals surface area contributed by atoms with Gasteiger partial charge in [-0.25, -0.2) is 4.79 Å². The number of carbonyl (C=O) groups is 1.